The van der Waals surface area contributed by atoms with Crippen molar-refractivity contribution < 1.29 is 9.47 Å². The third-order valence-electron chi connectivity index (χ3n) is 3.14. The molecule has 1 rings (SSSR count). The first-order valence-electron chi connectivity index (χ1n) is 7.74. The van der Waals surface area contributed by atoms with Gasteiger partial charge in [-0.2, -0.15) is 0 Å². The molecular weight excluding hydrogens is 286 g/mol. The second-order valence-corrected chi connectivity index (χ2v) is 6.11. The van der Waals surface area contributed by atoms with Crippen LogP contribution in [0.15, 0.2) is 0 Å². The predicted octanol–water partition coefficient (Wildman–Crippen LogP) is 2.60. The molecule has 0 atom stereocenters. The highest BCUT2D eigenvalue weighted by atomic mass is 32.1. The van der Waals surface area contributed by atoms with Gasteiger partial charge in [-0.3, -0.25) is 0 Å². The maximum atomic E-state index is 5.85. The first-order chi connectivity index (χ1) is 10.1. The van der Waals surface area contributed by atoms with Gasteiger partial charge in [-0.05, 0) is 19.8 Å². The fourth-order valence-corrected chi connectivity index (χ4v) is 3.17. The number of hydrogen-bond acceptors (Lipinski definition) is 6. The second-order valence-electron chi connectivity index (χ2n) is 5.04. The topological polar surface area (TPSA) is 60.6 Å². The molecule has 0 bridgehead atoms. The molecule has 1 aromatic rings. The van der Waals surface area contributed by atoms with Crippen molar-refractivity contribution in [2.75, 3.05) is 44.4 Å². The van der Waals surface area contributed by atoms with E-state index in [0.717, 1.165) is 37.1 Å². The van der Waals surface area contributed by atoms with E-state index in [2.05, 4.69) is 18.7 Å². The van der Waals surface area contributed by atoms with Crippen molar-refractivity contribution in [3.63, 3.8) is 0 Å². The Morgan fingerprint density at radius 1 is 1.14 bits per heavy atom. The number of aromatic nitrogens is 1. The Hall–Kier alpha value is -0.690. The largest absolute Gasteiger partial charge is 0.380 e. The lowest BCUT2D eigenvalue weighted by Gasteiger charge is -2.21. The summed E-state index contributed by atoms with van der Waals surface area (Å²) in [5, 5.41) is 1.03. The van der Waals surface area contributed by atoms with Crippen molar-refractivity contribution in [1.82, 2.24) is 4.98 Å². The third kappa shape index (κ3) is 5.90. The zero-order chi connectivity index (χ0) is 15.7. The summed E-state index contributed by atoms with van der Waals surface area (Å²) < 4.78 is 10.9. The minimum atomic E-state index is 0.397. The summed E-state index contributed by atoms with van der Waals surface area (Å²) >= 11 is 1.69. The van der Waals surface area contributed by atoms with Gasteiger partial charge in [0.15, 0.2) is 5.13 Å². The van der Waals surface area contributed by atoms with Gasteiger partial charge < -0.3 is 20.1 Å². The molecule has 0 saturated carbocycles. The molecule has 0 saturated heterocycles. The average molecular weight is 315 g/mol. The van der Waals surface area contributed by atoms with Gasteiger partial charge in [0, 0.05) is 37.7 Å². The first kappa shape index (κ1) is 18.4. The zero-order valence-corrected chi connectivity index (χ0v) is 14.5. The van der Waals surface area contributed by atoms with Crippen molar-refractivity contribution in [3.05, 3.63) is 10.6 Å². The highest BCUT2D eigenvalue weighted by Crippen LogP contribution is 2.30. The second kappa shape index (κ2) is 10.1. The Morgan fingerprint density at radius 2 is 1.71 bits per heavy atom. The van der Waals surface area contributed by atoms with Gasteiger partial charge in [0.25, 0.3) is 0 Å². The van der Waals surface area contributed by atoms with Crippen LogP contribution < -0.4 is 10.6 Å². The molecule has 0 spiro atoms. The van der Waals surface area contributed by atoms with Crippen LogP contribution in [0.5, 0.6) is 0 Å². The number of anilines is 1. The van der Waals surface area contributed by atoms with Crippen molar-refractivity contribution >= 4 is 16.5 Å². The van der Waals surface area contributed by atoms with E-state index in [-0.39, 0.29) is 0 Å². The van der Waals surface area contributed by atoms with Gasteiger partial charge in [-0.25, -0.2) is 4.98 Å². The van der Waals surface area contributed by atoms with Crippen molar-refractivity contribution in [2.24, 2.45) is 5.73 Å². The minimum absolute atomic E-state index is 0.397. The van der Waals surface area contributed by atoms with Gasteiger partial charge in [0.1, 0.15) is 0 Å². The molecule has 1 heterocycles. The van der Waals surface area contributed by atoms with Crippen LogP contribution in [0.4, 0.5) is 5.13 Å². The number of nitrogens with two attached hydrogens (primary N) is 1. The summed E-state index contributed by atoms with van der Waals surface area (Å²) in [7, 11) is 0. The zero-order valence-electron chi connectivity index (χ0n) is 13.7. The highest BCUT2D eigenvalue weighted by Gasteiger charge is 2.17. The molecule has 0 aliphatic carbocycles. The molecular formula is C15H29N3O2S. The quantitative estimate of drug-likeness (QED) is 0.636. The summed E-state index contributed by atoms with van der Waals surface area (Å²) in [6.07, 6.45) is 0. The maximum absolute atomic E-state index is 5.85. The van der Waals surface area contributed by atoms with Gasteiger partial charge in [0.05, 0.1) is 18.9 Å². The Balaban J connectivity index is 2.79. The fourth-order valence-electron chi connectivity index (χ4n) is 2.02. The molecule has 5 nitrogen and oxygen atoms in total. The smallest absolute Gasteiger partial charge is 0.185 e. The molecule has 21 heavy (non-hydrogen) atoms. The van der Waals surface area contributed by atoms with E-state index < -0.39 is 0 Å². The number of thiazole rings is 1. The monoisotopic (exact) mass is 315 g/mol. The predicted molar refractivity (Wildman–Crippen MR) is 89.3 cm³/mol. The molecule has 1 aromatic heterocycles. The number of nitrogens with zero attached hydrogens (tertiary/aromatic N) is 2. The fraction of sp³-hybridized carbons (Fsp3) is 0.800. The van der Waals surface area contributed by atoms with Gasteiger partial charge in [-0.1, -0.05) is 13.8 Å². The lowest BCUT2D eigenvalue weighted by atomic mass is 10.1. The van der Waals surface area contributed by atoms with Crippen LogP contribution >= 0.6 is 11.3 Å². The number of hydrogen-bond donors (Lipinski definition) is 1. The normalized spacial score (nSPS) is 11.3. The lowest BCUT2D eigenvalue weighted by Crippen LogP contribution is -2.31. The first-order valence-corrected chi connectivity index (χ1v) is 8.55. The highest BCUT2D eigenvalue weighted by molar-refractivity contribution is 7.15. The van der Waals surface area contributed by atoms with Crippen LogP contribution in [-0.4, -0.2) is 44.5 Å². The van der Waals surface area contributed by atoms with Crippen LogP contribution in [0.3, 0.4) is 0 Å². The van der Waals surface area contributed by atoms with Crippen molar-refractivity contribution in [3.8, 4) is 0 Å². The Kier molecular flexibility index (Phi) is 8.84. The third-order valence-corrected chi connectivity index (χ3v) is 4.29. The molecule has 0 aliphatic rings. The number of ether oxygens (including phenoxy) is 2. The van der Waals surface area contributed by atoms with E-state index in [4.69, 9.17) is 20.2 Å². The van der Waals surface area contributed by atoms with E-state index in [0.29, 0.717) is 25.7 Å². The SMILES string of the molecule is CCOCCN(CCOCC)c1nc(C(C)C)c(CN)s1. The Bertz CT molecular complexity index is 386. The van der Waals surface area contributed by atoms with Crippen molar-refractivity contribution in [2.45, 2.75) is 40.2 Å². The molecule has 0 aromatic carbocycles. The van der Waals surface area contributed by atoms with E-state index in [1.165, 1.54) is 4.88 Å². The van der Waals surface area contributed by atoms with Gasteiger partial charge in [0.2, 0.25) is 0 Å². The maximum Gasteiger partial charge on any atom is 0.185 e. The Morgan fingerprint density at radius 3 is 2.10 bits per heavy atom. The standard InChI is InChI=1S/C15H29N3O2S/c1-5-19-9-7-18(8-10-20-6-2)15-17-14(12(3)4)13(11-16)21-15/h12H,5-11,16H2,1-4H3. The van der Waals surface area contributed by atoms with E-state index in [1.807, 2.05) is 13.8 Å². The Labute approximate surface area is 132 Å². The summed E-state index contributed by atoms with van der Waals surface area (Å²) in [5.41, 5.74) is 6.97. The molecule has 0 aliphatic heterocycles. The molecule has 0 amide bonds. The molecule has 2 N–H and O–H groups in total. The van der Waals surface area contributed by atoms with Crippen LogP contribution in [0.25, 0.3) is 0 Å². The van der Waals surface area contributed by atoms with E-state index in [9.17, 15) is 0 Å². The van der Waals surface area contributed by atoms with Gasteiger partial charge in [-0.15, -0.1) is 11.3 Å². The summed E-state index contributed by atoms with van der Waals surface area (Å²) in [4.78, 5) is 8.21. The molecule has 122 valence electrons. The molecule has 0 radical (unpaired) electrons. The van der Waals surface area contributed by atoms with E-state index >= 15 is 0 Å². The summed E-state index contributed by atoms with van der Waals surface area (Å²) in [6, 6.07) is 0. The average Bonchev–Trinajstić information content (AvgIpc) is 2.90. The number of rotatable bonds is 11. The molecule has 0 fully saturated rings. The summed E-state index contributed by atoms with van der Waals surface area (Å²) in [5.74, 6) is 0.397. The molecule has 6 heteroatoms. The van der Waals surface area contributed by atoms with Crippen LogP contribution in [0, 0.1) is 0 Å². The minimum Gasteiger partial charge on any atom is -0.380 e. The molecule has 0 unspecified atom stereocenters. The van der Waals surface area contributed by atoms with Crippen LogP contribution in [0.1, 0.15) is 44.2 Å². The van der Waals surface area contributed by atoms with Crippen LogP contribution in [-0.2, 0) is 16.0 Å². The summed E-state index contributed by atoms with van der Waals surface area (Å²) in [6.45, 7) is 13.4. The van der Waals surface area contributed by atoms with Crippen molar-refractivity contribution in [1.29, 1.82) is 0 Å². The van der Waals surface area contributed by atoms with Gasteiger partial charge >= 0.3 is 0 Å². The lowest BCUT2D eigenvalue weighted by molar-refractivity contribution is 0.141. The van der Waals surface area contributed by atoms with E-state index in [1.54, 1.807) is 11.3 Å². The van der Waals surface area contributed by atoms with Crippen LogP contribution in [0.2, 0.25) is 0 Å².